The number of nitrogens with zero attached hydrogens (tertiary/aromatic N) is 3. The van der Waals surface area contributed by atoms with E-state index in [1.54, 1.807) is 0 Å². The zero-order valence-electron chi connectivity index (χ0n) is 13.2. The van der Waals surface area contributed by atoms with Crippen molar-refractivity contribution in [3.05, 3.63) is 34.9 Å². The van der Waals surface area contributed by atoms with Gasteiger partial charge in [0.1, 0.15) is 0 Å². The number of nitrogens with two attached hydrogens (primary N) is 1. The first kappa shape index (κ1) is 15.9. The molecule has 1 aliphatic heterocycles. The first-order valence-corrected chi connectivity index (χ1v) is 9.15. The van der Waals surface area contributed by atoms with Crippen molar-refractivity contribution < 1.29 is 13.2 Å². The second kappa shape index (κ2) is 5.93. The minimum atomic E-state index is -3.62. The Labute approximate surface area is 135 Å². The Balaban J connectivity index is 1.93. The third-order valence-electron chi connectivity index (χ3n) is 3.89. The molecule has 124 valence electrons. The highest BCUT2D eigenvalue weighted by atomic mass is 32.2. The van der Waals surface area contributed by atoms with Crippen LogP contribution in [0.15, 0.2) is 23.4 Å². The van der Waals surface area contributed by atoms with E-state index < -0.39 is 9.84 Å². The molecule has 0 saturated carbocycles. The lowest BCUT2D eigenvalue weighted by atomic mass is 10.0. The van der Waals surface area contributed by atoms with Crippen molar-refractivity contribution in [2.75, 3.05) is 12.3 Å². The molecule has 0 aliphatic carbocycles. The molecular weight excluding hydrogens is 316 g/mol. The standard InChI is InChI=1S/C15H20N4O3S/c1-10(2)19-14(16)17-18-15(19)23(20,21)9-11-3-4-13-8-22-6-5-12(13)7-11/h3-4,7,10H,5-6,8-9H2,1-2H3,(H2,16,17). The van der Waals surface area contributed by atoms with Gasteiger partial charge in [0.25, 0.3) is 5.16 Å². The van der Waals surface area contributed by atoms with Gasteiger partial charge < -0.3 is 10.5 Å². The van der Waals surface area contributed by atoms with Gasteiger partial charge in [0.15, 0.2) is 0 Å². The van der Waals surface area contributed by atoms with E-state index in [9.17, 15) is 8.42 Å². The molecule has 0 bridgehead atoms. The summed E-state index contributed by atoms with van der Waals surface area (Å²) < 4.78 is 32.3. The van der Waals surface area contributed by atoms with Crippen LogP contribution in [0.2, 0.25) is 0 Å². The Kier molecular flexibility index (Phi) is 4.11. The molecule has 0 saturated heterocycles. The highest BCUT2D eigenvalue weighted by Crippen LogP contribution is 2.23. The summed E-state index contributed by atoms with van der Waals surface area (Å²) in [4.78, 5) is 0. The molecule has 0 atom stereocenters. The third kappa shape index (κ3) is 3.09. The van der Waals surface area contributed by atoms with Gasteiger partial charge in [-0.3, -0.25) is 4.57 Å². The first-order chi connectivity index (χ1) is 10.9. The Bertz CT molecular complexity index is 827. The lowest BCUT2D eigenvalue weighted by Crippen LogP contribution is -2.16. The van der Waals surface area contributed by atoms with E-state index in [2.05, 4.69) is 10.2 Å². The molecule has 7 nitrogen and oxygen atoms in total. The maximum Gasteiger partial charge on any atom is 0.251 e. The molecule has 2 aromatic rings. The molecule has 23 heavy (non-hydrogen) atoms. The summed E-state index contributed by atoms with van der Waals surface area (Å²) >= 11 is 0. The number of anilines is 1. The van der Waals surface area contributed by atoms with Crippen molar-refractivity contribution in [2.45, 2.75) is 43.8 Å². The second-order valence-corrected chi connectivity index (χ2v) is 7.85. The van der Waals surface area contributed by atoms with Gasteiger partial charge in [-0.05, 0) is 37.0 Å². The van der Waals surface area contributed by atoms with Gasteiger partial charge >= 0.3 is 0 Å². The van der Waals surface area contributed by atoms with Crippen molar-refractivity contribution in [2.24, 2.45) is 0 Å². The van der Waals surface area contributed by atoms with E-state index in [1.807, 2.05) is 32.0 Å². The zero-order chi connectivity index (χ0) is 16.6. The van der Waals surface area contributed by atoms with Crippen LogP contribution < -0.4 is 5.73 Å². The summed E-state index contributed by atoms with van der Waals surface area (Å²) in [6, 6.07) is 5.57. The first-order valence-electron chi connectivity index (χ1n) is 7.50. The molecule has 1 aromatic carbocycles. The summed E-state index contributed by atoms with van der Waals surface area (Å²) in [5, 5.41) is 7.41. The lowest BCUT2D eigenvalue weighted by Gasteiger charge is -2.17. The monoisotopic (exact) mass is 336 g/mol. The molecular formula is C15H20N4O3S. The fourth-order valence-electron chi connectivity index (χ4n) is 2.78. The van der Waals surface area contributed by atoms with Gasteiger partial charge in [0.05, 0.1) is 19.0 Å². The van der Waals surface area contributed by atoms with Crippen molar-refractivity contribution >= 4 is 15.8 Å². The number of sulfone groups is 1. The highest BCUT2D eigenvalue weighted by Gasteiger charge is 2.26. The van der Waals surface area contributed by atoms with Crippen LogP contribution >= 0.6 is 0 Å². The van der Waals surface area contributed by atoms with Crippen molar-refractivity contribution in [1.29, 1.82) is 0 Å². The number of hydrogen-bond donors (Lipinski definition) is 1. The molecule has 0 unspecified atom stereocenters. The summed E-state index contributed by atoms with van der Waals surface area (Å²) in [6.45, 7) is 4.94. The average Bonchev–Trinajstić information content (AvgIpc) is 2.89. The largest absolute Gasteiger partial charge is 0.376 e. The number of hydrogen-bond acceptors (Lipinski definition) is 6. The van der Waals surface area contributed by atoms with Gasteiger partial charge in [-0.25, -0.2) is 8.42 Å². The fraction of sp³-hybridized carbons (Fsp3) is 0.467. The van der Waals surface area contributed by atoms with Crippen LogP contribution in [0.3, 0.4) is 0 Å². The lowest BCUT2D eigenvalue weighted by molar-refractivity contribution is 0.110. The Morgan fingerprint density at radius 1 is 1.30 bits per heavy atom. The van der Waals surface area contributed by atoms with E-state index in [0.717, 1.165) is 23.1 Å². The smallest absolute Gasteiger partial charge is 0.251 e. The molecule has 0 spiro atoms. The molecule has 0 fully saturated rings. The van der Waals surface area contributed by atoms with Gasteiger partial charge in [0, 0.05) is 6.04 Å². The van der Waals surface area contributed by atoms with Crippen LogP contribution in [0.4, 0.5) is 5.95 Å². The average molecular weight is 336 g/mol. The molecule has 3 rings (SSSR count). The Morgan fingerprint density at radius 3 is 2.83 bits per heavy atom. The quantitative estimate of drug-likeness (QED) is 0.908. The van der Waals surface area contributed by atoms with Crippen LogP contribution in [-0.4, -0.2) is 29.8 Å². The Morgan fingerprint density at radius 2 is 2.09 bits per heavy atom. The predicted molar refractivity (Wildman–Crippen MR) is 85.5 cm³/mol. The predicted octanol–water partition coefficient (Wildman–Crippen LogP) is 1.49. The topological polar surface area (TPSA) is 100 Å². The second-order valence-electron chi connectivity index (χ2n) is 5.97. The number of aromatic nitrogens is 3. The Hall–Kier alpha value is -1.93. The summed E-state index contributed by atoms with van der Waals surface area (Å²) in [5.74, 6) is -0.00687. The molecule has 8 heteroatoms. The molecule has 0 radical (unpaired) electrons. The molecule has 1 aromatic heterocycles. The van der Waals surface area contributed by atoms with Crippen molar-refractivity contribution in [1.82, 2.24) is 14.8 Å². The van der Waals surface area contributed by atoms with Gasteiger partial charge in [0.2, 0.25) is 15.8 Å². The van der Waals surface area contributed by atoms with Gasteiger partial charge in [-0.1, -0.05) is 18.2 Å². The van der Waals surface area contributed by atoms with Crippen molar-refractivity contribution in [3.63, 3.8) is 0 Å². The van der Waals surface area contributed by atoms with E-state index in [0.29, 0.717) is 13.2 Å². The van der Waals surface area contributed by atoms with E-state index in [-0.39, 0.29) is 22.9 Å². The highest BCUT2D eigenvalue weighted by molar-refractivity contribution is 7.90. The van der Waals surface area contributed by atoms with Crippen molar-refractivity contribution in [3.8, 4) is 0 Å². The number of rotatable bonds is 4. The van der Waals surface area contributed by atoms with E-state index in [4.69, 9.17) is 10.5 Å². The van der Waals surface area contributed by atoms with Crippen LogP contribution in [-0.2, 0) is 33.4 Å². The normalized spacial score (nSPS) is 14.9. The van der Waals surface area contributed by atoms with Gasteiger partial charge in [-0.15, -0.1) is 10.2 Å². The molecule has 1 aliphatic rings. The minimum Gasteiger partial charge on any atom is -0.376 e. The van der Waals surface area contributed by atoms with Gasteiger partial charge in [-0.2, -0.15) is 0 Å². The SMILES string of the molecule is CC(C)n1c(N)nnc1S(=O)(=O)Cc1ccc2c(c1)CCOC2. The number of benzene rings is 1. The van der Waals surface area contributed by atoms with Crippen LogP contribution in [0, 0.1) is 0 Å². The zero-order valence-corrected chi connectivity index (χ0v) is 14.0. The number of fused-ring (bicyclic) bond motifs is 1. The molecule has 2 heterocycles. The summed E-state index contributed by atoms with van der Waals surface area (Å²) in [5.41, 5.74) is 8.74. The minimum absolute atomic E-state index is 0.0777. The number of ether oxygens (including phenoxy) is 1. The summed E-state index contributed by atoms with van der Waals surface area (Å²) in [6.07, 6.45) is 0.804. The summed E-state index contributed by atoms with van der Waals surface area (Å²) in [7, 11) is -3.62. The van der Waals surface area contributed by atoms with E-state index >= 15 is 0 Å². The number of nitrogen functional groups attached to an aromatic ring is 1. The van der Waals surface area contributed by atoms with E-state index in [1.165, 1.54) is 4.57 Å². The van der Waals surface area contributed by atoms with Crippen LogP contribution in [0.1, 0.15) is 36.6 Å². The maximum atomic E-state index is 12.7. The third-order valence-corrected chi connectivity index (χ3v) is 5.43. The molecule has 2 N–H and O–H groups in total. The van der Waals surface area contributed by atoms with Crippen LogP contribution in [0.25, 0.3) is 0 Å². The fourth-order valence-corrected chi connectivity index (χ4v) is 4.29. The molecule has 0 amide bonds. The van der Waals surface area contributed by atoms with Crippen LogP contribution in [0.5, 0.6) is 0 Å². The maximum absolute atomic E-state index is 12.7.